The molecule has 0 aromatic heterocycles. The minimum Gasteiger partial charge on any atom is -0.445 e. The molecule has 1 aliphatic rings. The van der Waals surface area contributed by atoms with Gasteiger partial charge in [0.15, 0.2) is 0 Å². The van der Waals surface area contributed by atoms with Crippen LogP contribution in [0.3, 0.4) is 0 Å². The van der Waals surface area contributed by atoms with E-state index < -0.39 is 6.09 Å². The number of hydrogen-bond acceptors (Lipinski definition) is 3. The van der Waals surface area contributed by atoms with Crippen molar-refractivity contribution in [2.45, 2.75) is 25.9 Å². The molecule has 1 aromatic rings. The molecule has 5 heteroatoms. The van der Waals surface area contributed by atoms with Crippen molar-refractivity contribution in [2.24, 2.45) is 0 Å². The Morgan fingerprint density at radius 1 is 1.10 bits per heavy atom. The number of alkyl carbamates (subject to hydrolysis) is 1. The lowest BCUT2D eigenvalue weighted by Gasteiger charge is -2.26. The molecule has 0 atom stereocenters. The second-order valence-corrected chi connectivity index (χ2v) is 4.86. The summed E-state index contributed by atoms with van der Waals surface area (Å²) in [6.45, 7) is 1.80. The summed E-state index contributed by atoms with van der Waals surface area (Å²) in [5, 5.41) is 2.50. The molecule has 1 aromatic carbocycles. The van der Waals surface area contributed by atoms with Gasteiger partial charge in [0.1, 0.15) is 13.2 Å². The SMILES string of the molecule is O=C(NCC(=O)N1CCCCC1)OCc1ccccc1. The highest BCUT2D eigenvalue weighted by atomic mass is 16.5. The van der Waals surface area contributed by atoms with E-state index >= 15 is 0 Å². The van der Waals surface area contributed by atoms with Crippen molar-refractivity contribution in [3.8, 4) is 0 Å². The minimum atomic E-state index is -0.556. The lowest BCUT2D eigenvalue weighted by molar-refractivity contribution is -0.131. The quantitative estimate of drug-likeness (QED) is 0.914. The third kappa shape index (κ3) is 4.57. The number of benzene rings is 1. The van der Waals surface area contributed by atoms with E-state index in [0.29, 0.717) is 0 Å². The number of rotatable bonds is 4. The Balaban J connectivity index is 1.65. The zero-order valence-corrected chi connectivity index (χ0v) is 11.5. The molecular formula is C15H20N2O3. The van der Waals surface area contributed by atoms with Gasteiger partial charge in [0.25, 0.3) is 0 Å². The van der Waals surface area contributed by atoms with E-state index in [9.17, 15) is 9.59 Å². The average molecular weight is 276 g/mol. The Bertz CT molecular complexity index is 442. The van der Waals surface area contributed by atoms with Gasteiger partial charge in [-0.2, -0.15) is 0 Å². The second kappa shape index (κ2) is 7.53. The van der Waals surface area contributed by atoms with Crippen molar-refractivity contribution >= 4 is 12.0 Å². The monoisotopic (exact) mass is 276 g/mol. The van der Waals surface area contributed by atoms with Crippen LogP contribution in [0.1, 0.15) is 24.8 Å². The number of nitrogens with one attached hydrogen (secondary N) is 1. The molecule has 1 N–H and O–H groups in total. The molecule has 1 fully saturated rings. The molecule has 0 aliphatic carbocycles. The van der Waals surface area contributed by atoms with Crippen LogP contribution in [0.2, 0.25) is 0 Å². The molecule has 2 amide bonds. The Hall–Kier alpha value is -2.04. The summed E-state index contributed by atoms with van der Waals surface area (Å²) in [5.41, 5.74) is 0.921. The summed E-state index contributed by atoms with van der Waals surface area (Å²) in [6.07, 6.45) is 2.71. The fourth-order valence-electron chi connectivity index (χ4n) is 2.18. The summed E-state index contributed by atoms with van der Waals surface area (Å²) < 4.78 is 5.05. The Morgan fingerprint density at radius 3 is 2.50 bits per heavy atom. The standard InChI is InChI=1S/C15H20N2O3/c18-14(17-9-5-2-6-10-17)11-16-15(19)20-12-13-7-3-1-4-8-13/h1,3-4,7-8H,2,5-6,9-12H2,(H,16,19). The molecule has 0 spiro atoms. The molecular weight excluding hydrogens is 256 g/mol. The third-order valence-electron chi connectivity index (χ3n) is 3.31. The first-order valence-electron chi connectivity index (χ1n) is 6.98. The van der Waals surface area contributed by atoms with E-state index in [1.54, 1.807) is 4.90 Å². The zero-order valence-electron chi connectivity index (χ0n) is 11.5. The van der Waals surface area contributed by atoms with Crippen molar-refractivity contribution < 1.29 is 14.3 Å². The molecule has 2 rings (SSSR count). The number of hydrogen-bond donors (Lipinski definition) is 1. The summed E-state index contributed by atoms with van der Waals surface area (Å²) in [5.74, 6) is -0.0404. The van der Waals surface area contributed by atoms with Gasteiger partial charge in [0, 0.05) is 13.1 Å². The number of piperidine rings is 1. The highest BCUT2D eigenvalue weighted by Crippen LogP contribution is 2.08. The molecule has 0 bridgehead atoms. The maximum atomic E-state index is 11.8. The van der Waals surface area contributed by atoms with E-state index in [1.807, 2.05) is 30.3 Å². The number of amides is 2. The van der Waals surface area contributed by atoms with Crippen molar-refractivity contribution in [2.75, 3.05) is 19.6 Å². The Morgan fingerprint density at radius 2 is 1.80 bits per heavy atom. The molecule has 1 heterocycles. The molecule has 0 radical (unpaired) electrons. The van der Waals surface area contributed by atoms with Crippen LogP contribution in [0.15, 0.2) is 30.3 Å². The van der Waals surface area contributed by atoms with Gasteiger partial charge in [0.05, 0.1) is 0 Å². The fraction of sp³-hybridized carbons (Fsp3) is 0.467. The van der Waals surface area contributed by atoms with Gasteiger partial charge in [-0.1, -0.05) is 30.3 Å². The number of carbonyl (C=O) groups excluding carboxylic acids is 2. The second-order valence-electron chi connectivity index (χ2n) is 4.86. The maximum absolute atomic E-state index is 11.8. The van der Waals surface area contributed by atoms with Gasteiger partial charge >= 0.3 is 6.09 Å². The average Bonchev–Trinajstić information content (AvgIpc) is 2.52. The van der Waals surface area contributed by atoms with E-state index in [-0.39, 0.29) is 19.1 Å². The van der Waals surface area contributed by atoms with Crippen LogP contribution in [0, 0.1) is 0 Å². The highest BCUT2D eigenvalue weighted by Gasteiger charge is 2.16. The minimum absolute atomic E-state index is 0.00756. The normalized spacial score (nSPS) is 14.7. The summed E-state index contributed by atoms with van der Waals surface area (Å²) in [6, 6.07) is 9.44. The van der Waals surface area contributed by atoms with Gasteiger partial charge in [-0.25, -0.2) is 4.79 Å². The van der Waals surface area contributed by atoms with E-state index in [1.165, 1.54) is 6.42 Å². The molecule has 108 valence electrons. The number of carbonyl (C=O) groups is 2. The predicted octanol–water partition coefficient (Wildman–Crippen LogP) is 1.93. The van der Waals surface area contributed by atoms with Gasteiger partial charge < -0.3 is 15.0 Å². The fourth-order valence-corrected chi connectivity index (χ4v) is 2.18. The Kier molecular flexibility index (Phi) is 5.41. The van der Waals surface area contributed by atoms with Gasteiger partial charge in [-0.3, -0.25) is 4.79 Å². The molecule has 1 saturated heterocycles. The first kappa shape index (κ1) is 14.4. The predicted molar refractivity (Wildman–Crippen MR) is 75.1 cm³/mol. The van der Waals surface area contributed by atoms with Gasteiger partial charge in [-0.15, -0.1) is 0 Å². The lowest BCUT2D eigenvalue weighted by atomic mass is 10.1. The number of ether oxygens (including phenoxy) is 1. The maximum Gasteiger partial charge on any atom is 0.407 e. The summed E-state index contributed by atoms with van der Waals surface area (Å²) >= 11 is 0. The summed E-state index contributed by atoms with van der Waals surface area (Å²) in [4.78, 5) is 25.1. The largest absolute Gasteiger partial charge is 0.445 e. The van der Waals surface area contributed by atoms with Crippen LogP contribution in [-0.4, -0.2) is 36.5 Å². The van der Waals surface area contributed by atoms with Gasteiger partial charge in [-0.05, 0) is 24.8 Å². The molecule has 0 saturated carbocycles. The topological polar surface area (TPSA) is 58.6 Å². The van der Waals surface area contributed by atoms with Crippen LogP contribution >= 0.6 is 0 Å². The molecule has 20 heavy (non-hydrogen) atoms. The molecule has 1 aliphatic heterocycles. The number of nitrogens with zero attached hydrogens (tertiary/aromatic N) is 1. The van der Waals surface area contributed by atoms with E-state index in [0.717, 1.165) is 31.5 Å². The number of likely N-dealkylation sites (tertiary alicyclic amines) is 1. The van der Waals surface area contributed by atoms with Crippen LogP contribution < -0.4 is 5.32 Å². The highest BCUT2D eigenvalue weighted by molar-refractivity contribution is 5.82. The van der Waals surface area contributed by atoms with E-state index in [4.69, 9.17) is 4.74 Å². The first-order chi connectivity index (χ1) is 9.75. The zero-order chi connectivity index (χ0) is 14.2. The molecule has 5 nitrogen and oxygen atoms in total. The van der Waals surface area contributed by atoms with Crippen LogP contribution in [0.5, 0.6) is 0 Å². The van der Waals surface area contributed by atoms with Gasteiger partial charge in [0.2, 0.25) is 5.91 Å². The van der Waals surface area contributed by atoms with Crippen molar-refractivity contribution in [3.63, 3.8) is 0 Å². The smallest absolute Gasteiger partial charge is 0.407 e. The van der Waals surface area contributed by atoms with Crippen LogP contribution in [0.25, 0.3) is 0 Å². The first-order valence-corrected chi connectivity index (χ1v) is 6.98. The van der Waals surface area contributed by atoms with Crippen molar-refractivity contribution in [1.29, 1.82) is 0 Å². The molecule has 0 unspecified atom stereocenters. The lowest BCUT2D eigenvalue weighted by Crippen LogP contribution is -2.42. The van der Waals surface area contributed by atoms with E-state index in [2.05, 4.69) is 5.32 Å². The van der Waals surface area contributed by atoms with Crippen molar-refractivity contribution in [3.05, 3.63) is 35.9 Å². The third-order valence-corrected chi connectivity index (χ3v) is 3.31. The Labute approximate surface area is 118 Å². The van der Waals surface area contributed by atoms with Crippen molar-refractivity contribution in [1.82, 2.24) is 10.2 Å². The van der Waals surface area contributed by atoms with Crippen LogP contribution in [0.4, 0.5) is 4.79 Å². The summed E-state index contributed by atoms with van der Waals surface area (Å²) in [7, 11) is 0. The van der Waals surface area contributed by atoms with Crippen LogP contribution in [-0.2, 0) is 16.1 Å².